The van der Waals surface area contributed by atoms with Crippen molar-refractivity contribution in [2.75, 3.05) is 19.7 Å². The summed E-state index contributed by atoms with van der Waals surface area (Å²) in [5.74, 6) is -8.90. The molecule has 2 heterocycles. The van der Waals surface area contributed by atoms with Gasteiger partial charge < -0.3 is 63.8 Å². The minimum Gasteiger partial charge on any atom is -0.480 e. The monoisotopic (exact) mass is 838 g/mol. The molecule has 2 fully saturated rings. The van der Waals surface area contributed by atoms with E-state index in [0.29, 0.717) is 19.3 Å². The Labute approximate surface area is 342 Å². The minimum absolute atomic E-state index is 0.0233. The topological polar surface area (TPSA) is 356 Å². The largest absolute Gasteiger partial charge is 0.480 e. The van der Waals surface area contributed by atoms with Crippen molar-refractivity contribution in [2.45, 2.75) is 141 Å². The number of carboxylic acid groups (broad SMARTS) is 1. The molecule has 2 aliphatic heterocycles. The number of rotatable bonds is 23. The quantitative estimate of drug-likeness (QED) is 0.0470. The molecule has 0 aromatic carbocycles. The van der Waals surface area contributed by atoms with E-state index in [-0.39, 0.29) is 51.6 Å². The number of primary amides is 2. The third-order valence-electron chi connectivity index (χ3n) is 10.6. The highest BCUT2D eigenvalue weighted by Gasteiger charge is 2.42. The van der Waals surface area contributed by atoms with Crippen molar-refractivity contribution in [2.24, 2.45) is 29.0 Å². The Hall–Kier alpha value is -5.38. The summed E-state index contributed by atoms with van der Waals surface area (Å²) in [5, 5.41) is 32.3. The number of hydrogen-bond acceptors (Lipinski definition) is 12. The second kappa shape index (κ2) is 23.3. The summed E-state index contributed by atoms with van der Waals surface area (Å²) < 4.78 is 0. The van der Waals surface area contributed by atoms with Crippen LogP contribution in [0.1, 0.15) is 92.4 Å². The fourth-order valence-corrected chi connectivity index (χ4v) is 6.83. The fraction of sp³-hybridized carbons (Fsp3) is 0.730. The summed E-state index contributed by atoms with van der Waals surface area (Å²) in [4.78, 5) is 130. The van der Waals surface area contributed by atoms with E-state index in [4.69, 9.17) is 17.2 Å². The normalized spacial score (nSPS) is 19.9. The van der Waals surface area contributed by atoms with E-state index in [9.17, 15) is 58.2 Å². The first-order chi connectivity index (χ1) is 27.6. The lowest BCUT2D eigenvalue weighted by molar-refractivity contribution is -0.145. The zero-order valence-electron chi connectivity index (χ0n) is 34.4. The fourth-order valence-electron chi connectivity index (χ4n) is 6.83. The van der Waals surface area contributed by atoms with Crippen LogP contribution in [0.4, 0.5) is 0 Å². The molecule has 2 rings (SSSR count). The first-order valence-corrected chi connectivity index (χ1v) is 19.9. The summed E-state index contributed by atoms with van der Waals surface area (Å²) in [6.45, 7) is 7.55. The maximum atomic E-state index is 13.9. The molecule has 332 valence electrons. The molecule has 0 bridgehead atoms. The third kappa shape index (κ3) is 14.4. The average Bonchev–Trinajstić information content (AvgIpc) is 3.88. The van der Waals surface area contributed by atoms with E-state index in [0.717, 1.165) is 0 Å². The second-order valence-corrected chi connectivity index (χ2v) is 15.5. The second-order valence-electron chi connectivity index (χ2n) is 15.5. The molecule has 2 aliphatic rings. The van der Waals surface area contributed by atoms with Gasteiger partial charge in [0.2, 0.25) is 53.2 Å². The van der Waals surface area contributed by atoms with Crippen molar-refractivity contribution in [1.29, 1.82) is 0 Å². The lowest BCUT2D eigenvalue weighted by Gasteiger charge is -2.33. The highest BCUT2D eigenvalue weighted by Crippen LogP contribution is 2.23. The van der Waals surface area contributed by atoms with E-state index in [2.05, 4.69) is 26.6 Å². The van der Waals surface area contributed by atoms with Crippen LogP contribution >= 0.6 is 0 Å². The molecule has 0 aromatic heterocycles. The standard InChI is InChI=1S/C37H62N10O12/c1-6-19(4)29(36(57)47-16-8-9-24(47)32(53)42-22(37(58)59)12-14-27(40)50)45-31(52)23(17-48)43-34(55)28(18(2)3)44-33(54)25-10-7-15-46(25)35(56)20(5)41-30(51)21(38)11-13-26(39)49/h18-25,28-29,48H,6-17,38H2,1-5H3,(H2,39,49)(H2,40,50)(H,41,51)(H,42,53)(H,43,55)(H,44,54)(H,45,52)(H,58,59)/t19-,20-,21-,22-,23-,24-,25-,28-,29-/m0/s1. The van der Waals surface area contributed by atoms with Crippen LogP contribution in [0, 0.1) is 11.8 Å². The van der Waals surface area contributed by atoms with Gasteiger partial charge in [0.1, 0.15) is 42.3 Å². The van der Waals surface area contributed by atoms with Crippen molar-refractivity contribution in [3.8, 4) is 0 Å². The summed E-state index contributed by atoms with van der Waals surface area (Å²) in [7, 11) is 0. The van der Waals surface area contributed by atoms with Crippen LogP contribution in [0.5, 0.6) is 0 Å². The zero-order valence-corrected chi connectivity index (χ0v) is 34.4. The highest BCUT2D eigenvalue weighted by atomic mass is 16.4. The highest BCUT2D eigenvalue weighted by molar-refractivity contribution is 5.98. The molecule has 9 amide bonds. The molecule has 0 aliphatic carbocycles. The van der Waals surface area contributed by atoms with Crippen LogP contribution in [-0.4, -0.2) is 147 Å². The van der Waals surface area contributed by atoms with E-state index in [1.807, 2.05) is 0 Å². The van der Waals surface area contributed by atoms with Crippen LogP contribution in [0.3, 0.4) is 0 Å². The lowest BCUT2D eigenvalue weighted by Crippen LogP contribution is -2.62. The van der Waals surface area contributed by atoms with Crippen molar-refractivity contribution in [1.82, 2.24) is 36.4 Å². The SMILES string of the molecule is CC[C@H](C)[C@H](NC(=O)[C@H](CO)NC(=O)[C@@H](NC(=O)[C@@H]1CCCN1C(=O)[C@H](C)NC(=O)[C@@H](N)CCC(N)=O)C(C)C)C(=O)N1CCC[C@H]1C(=O)N[C@@H](CCC(N)=O)C(=O)O. The Bertz CT molecular complexity index is 1580. The van der Waals surface area contributed by atoms with Crippen LogP contribution < -0.4 is 43.8 Å². The van der Waals surface area contributed by atoms with Crippen LogP contribution in [0.25, 0.3) is 0 Å². The molecule has 0 radical (unpaired) electrons. The number of aliphatic carboxylic acids is 1. The maximum Gasteiger partial charge on any atom is 0.326 e. The number of aliphatic hydroxyl groups excluding tert-OH is 1. The molecule has 0 aromatic rings. The molecule has 0 saturated carbocycles. The zero-order chi connectivity index (χ0) is 44.7. The van der Waals surface area contributed by atoms with Gasteiger partial charge in [0.25, 0.3) is 0 Å². The van der Waals surface area contributed by atoms with Gasteiger partial charge >= 0.3 is 5.97 Å². The number of hydrogen-bond donors (Lipinski definition) is 10. The Balaban J connectivity index is 2.14. The van der Waals surface area contributed by atoms with Crippen molar-refractivity contribution in [3.05, 3.63) is 0 Å². The van der Waals surface area contributed by atoms with E-state index < -0.39 is 126 Å². The molecule has 0 unspecified atom stereocenters. The predicted molar refractivity (Wildman–Crippen MR) is 209 cm³/mol. The van der Waals surface area contributed by atoms with Gasteiger partial charge in [-0.25, -0.2) is 4.79 Å². The van der Waals surface area contributed by atoms with E-state index in [1.165, 1.54) is 16.7 Å². The molecular formula is C37H62N10O12. The van der Waals surface area contributed by atoms with Gasteiger partial charge in [0.05, 0.1) is 12.6 Å². The maximum absolute atomic E-state index is 13.9. The average molecular weight is 839 g/mol. The number of amides is 9. The number of likely N-dealkylation sites (tertiary alicyclic amines) is 2. The molecule has 0 spiro atoms. The van der Waals surface area contributed by atoms with Gasteiger partial charge in [-0.05, 0) is 57.3 Å². The number of aliphatic hydroxyl groups is 1. The van der Waals surface area contributed by atoms with Crippen LogP contribution in [0.2, 0.25) is 0 Å². The molecule has 59 heavy (non-hydrogen) atoms. The summed E-state index contributed by atoms with van der Waals surface area (Å²) >= 11 is 0. The number of nitrogens with two attached hydrogens (primary N) is 3. The van der Waals surface area contributed by atoms with E-state index in [1.54, 1.807) is 27.7 Å². The lowest BCUT2D eigenvalue weighted by atomic mass is 9.96. The van der Waals surface area contributed by atoms with Gasteiger partial charge in [0.15, 0.2) is 0 Å². The molecule has 22 nitrogen and oxygen atoms in total. The molecular weight excluding hydrogens is 776 g/mol. The summed E-state index contributed by atoms with van der Waals surface area (Å²) in [6.07, 6.45) is 1.01. The van der Waals surface area contributed by atoms with Gasteiger partial charge in [-0.15, -0.1) is 0 Å². The number of carboxylic acids is 1. The summed E-state index contributed by atoms with van der Waals surface area (Å²) in [5.41, 5.74) is 16.0. The van der Waals surface area contributed by atoms with E-state index >= 15 is 0 Å². The molecule has 13 N–H and O–H groups in total. The number of nitrogens with one attached hydrogen (secondary N) is 5. The molecule has 22 heteroatoms. The van der Waals surface area contributed by atoms with Gasteiger partial charge in [-0.2, -0.15) is 0 Å². The third-order valence-corrected chi connectivity index (χ3v) is 10.6. The smallest absolute Gasteiger partial charge is 0.326 e. The Morgan fingerprint density at radius 2 is 1.19 bits per heavy atom. The van der Waals surface area contributed by atoms with Crippen molar-refractivity contribution < 1.29 is 58.2 Å². The first-order valence-electron chi connectivity index (χ1n) is 19.9. The Morgan fingerprint density at radius 3 is 1.68 bits per heavy atom. The molecule has 9 atom stereocenters. The minimum atomic E-state index is -1.58. The number of carbonyl (C=O) groups excluding carboxylic acids is 9. The molecule has 2 saturated heterocycles. The number of carbonyl (C=O) groups is 10. The van der Waals surface area contributed by atoms with Crippen LogP contribution in [-0.2, 0) is 47.9 Å². The summed E-state index contributed by atoms with van der Waals surface area (Å²) in [6, 6.07) is -9.71. The Morgan fingerprint density at radius 1 is 0.661 bits per heavy atom. The first kappa shape index (κ1) is 49.8. The van der Waals surface area contributed by atoms with Gasteiger partial charge in [-0.1, -0.05) is 34.1 Å². The number of nitrogens with zero attached hydrogens (tertiary/aromatic N) is 2. The predicted octanol–water partition coefficient (Wildman–Crippen LogP) is -3.95. The van der Waals surface area contributed by atoms with Crippen LogP contribution in [0.15, 0.2) is 0 Å². The van der Waals surface area contributed by atoms with Gasteiger partial charge in [-0.3, -0.25) is 43.2 Å². The van der Waals surface area contributed by atoms with Crippen molar-refractivity contribution >= 4 is 59.1 Å². The Kier molecular flexibility index (Phi) is 19.6. The van der Waals surface area contributed by atoms with Crippen molar-refractivity contribution in [3.63, 3.8) is 0 Å². The van der Waals surface area contributed by atoms with Gasteiger partial charge in [0, 0.05) is 25.9 Å².